The molecule has 2 heterocycles. The van der Waals surface area contributed by atoms with Gasteiger partial charge in [-0.05, 0) is 37.1 Å². The van der Waals surface area contributed by atoms with E-state index in [0.717, 1.165) is 24.6 Å². The van der Waals surface area contributed by atoms with Crippen LogP contribution in [0.5, 0.6) is 5.75 Å². The van der Waals surface area contributed by atoms with Gasteiger partial charge in [0.05, 0.1) is 35.0 Å². The van der Waals surface area contributed by atoms with E-state index < -0.39 is 12.5 Å². The number of hydrogen-bond acceptors (Lipinski definition) is 6. The van der Waals surface area contributed by atoms with Gasteiger partial charge in [0.2, 0.25) is 5.91 Å². The molecule has 168 valence electrons. The molecule has 32 heavy (non-hydrogen) atoms. The number of carbonyl (C=O) groups excluding carboxylic acids is 1. The van der Waals surface area contributed by atoms with Gasteiger partial charge in [0, 0.05) is 6.61 Å². The summed E-state index contributed by atoms with van der Waals surface area (Å²) in [5.41, 5.74) is 0.492. The Morgan fingerprint density at radius 1 is 1.25 bits per heavy atom. The number of rotatable bonds is 8. The zero-order valence-corrected chi connectivity index (χ0v) is 17.8. The molecule has 1 aromatic heterocycles. The Hall–Kier alpha value is -2.98. The van der Waals surface area contributed by atoms with E-state index in [1.54, 1.807) is 34.9 Å². The molecular weight excluding hydrogens is 440 g/mol. The first-order valence-electron chi connectivity index (χ1n) is 10.1. The summed E-state index contributed by atoms with van der Waals surface area (Å²) >= 11 is 1.10. The summed E-state index contributed by atoms with van der Waals surface area (Å²) in [5.74, 6) is -0.634. The lowest BCUT2D eigenvalue weighted by atomic mass is 10.2. The Balaban J connectivity index is 1.53. The van der Waals surface area contributed by atoms with Crippen LogP contribution in [0.2, 0.25) is 0 Å². The van der Waals surface area contributed by atoms with Gasteiger partial charge in [-0.1, -0.05) is 36.0 Å². The highest BCUT2D eigenvalue weighted by atomic mass is 32.2. The van der Waals surface area contributed by atoms with E-state index in [4.69, 9.17) is 4.74 Å². The van der Waals surface area contributed by atoms with E-state index in [2.05, 4.69) is 15.0 Å². The minimum absolute atomic E-state index is 0.0701. The van der Waals surface area contributed by atoms with Crippen LogP contribution in [0.4, 0.5) is 14.5 Å². The summed E-state index contributed by atoms with van der Waals surface area (Å²) in [5, 5.41) is 3.47. The number of benzene rings is 2. The van der Waals surface area contributed by atoms with Crippen LogP contribution in [-0.2, 0) is 16.1 Å². The highest BCUT2D eigenvalue weighted by molar-refractivity contribution is 7.99. The number of amides is 1. The molecule has 3 aromatic rings. The number of aromatic nitrogens is 2. The second kappa shape index (κ2) is 10.1. The zero-order valence-electron chi connectivity index (χ0n) is 17.0. The molecule has 1 atom stereocenters. The molecule has 1 saturated heterocycles. The van der Waals surface area contributed by atoms with Crippen molar-refractivity contribution in [3.8, 4) is 5.75 Å². The summed E-state index contributed by atoms with van der Waals surface area (Å²) in [6, 6.07) is 13.0. The van der Waals surface area contributed by atoms with Crippen molar-refractivity contribution in [2.45, 2.75) is 37.3 Å². The highest BCUT2D eigenvalue weighted by Crippen LogP contribution is 2.26. The van der Waals surface area contributed by atoms with Crippen LogP contribution in [0.25, 0.3) is 10.9 Å². The number of ether oxygens (including phenoxy) is 2. The first kappa shape index (κ1) is 22.2. The largest absolute Gasteiger partial charge is 0.433 e. The normalized spacial score (nSPS) is 15.9. The quantitative estimate of drug-likeness (QED) is 0.405. The molecule has 0 aliphatic carbocycles. The molecule has 0 bridgehead atoms. The Bertz CT molecular complexity index is 1170. The molecule has 1 aliphatic rings. The minimum Gasteiger partial charge on any atom is -0.433 e. The van der Waals surface area contributed by atoms with E-state index in [-0.39, 0.29) is 28.9 Å². The Morgan fingerprint density at radius 2 is 2.03 bits per heavy atom. The van der Waals surface area contributed by atoms with Crippen molar-refractivity contribution in [1.82, 2.24) is 9.55 Å². The van der Waals surface area contributed by atoms with E-state index in [1.807, 2.05) is 0 Å². The average Bonchev–Trinajstić information content (AvgIpc) is 3.29. The Labute approximate surface area is 186 Å². The number of halogens is 2. The van der Waals surface area contributed by atoms with Crippen molar-refractivity contribution < 1.29 is 23.0 Å². The van der Waals surface area contributed by atoms with Crippen LogP contribution >= 0.6 is 11.8 Å². The predicted molar refractivity (Wildman–Crippen MR) is 117 cm³/mol. The molecule has 4 rings (SSSR count). The lowest BCUT2D eigenvalue weighted by molar-refractivity contribution is -0.113. The van der Waals surface area contributed by atoms with Gasteiger partial charge in [0.1, 0.15) is 5.75 Å². The van der Waals surface area contributed by atoms with Gasteiger partial charge >= 0.3 is 6.61 Å². The number of para-hydroxylation sites is 3. The number of nitrogens with zero attached hydrogens (tertiary/aromatic N) is 2. The molecule has 1 aliphatic heterocycles. The number of carbonyl (C=O) groups is 1. The van der Waals surface area contributed by atoms with Crippen LogP contribution in [-0.4, -0.2) is 40.5 Å². The number of hydrogen-bond donors (Lipinski definition) is 1. The van der Waals surface area contributed by atoms with Crippen molar-refractivity contribution in [1.29, 1.82) is 0 Å². The lowest BCUT2D eigenvalue weighted by Gasteiger charge is -2.16. The Morgan fingerprint density at radius 3 is 2.81 bits per heavy atom. The van der Waals surface area contributed by atoms with Gasteiger partial charge in [-0.25, -0.2) is 4.98 Å². The fourth-order valence-electron chi connectivity index (χ4n) is 3.50. The van der Waals surface area contributed by atoms with Gasteiger partial charge in [-0.2, -0.15) is 8.78 Å². The molecule has 0 spiro atoms. The van der Waals surface area contributed by atoms with Crippen LogP contribution in [0.15, 0.2) is 58.5 Å². The second-order valence-electron chi connectivity index (χ2n) is 7.17. The third-order valence-electron chi connectivity index (χ3n) is 4.95. The Kier molecular flexibility index (Phi) is 7.01. The van der Waals surface area contributed by atoms with Crippen LogP contribution in [0, 0.1) is 0 Å². The first-order chi connectivity index (χ1) is 15.5. The van der Waals surface area contributed by atoms with E-state index in [0.29, 0.717) is 29.2 Å². The predicted octanol–water partition coefficient (Wildman–Crippen LogP) is 3.91. The maximum Gasteiger partial charge on any atom is 0.387 e. The maximum absolute atomic E-state index is 13.1. The number of fused-ring (bicyclic) bond motifs is 1. The van der Waals surface area contributed by atoms with Gasteiger partial charge in [-0.15, -0.1) is 0 Å². The number of thioether (sulfide) groups is 1. The van der Waals surface area contributed by atoms with Crippen molar-refractivity contribution in [3.05, 3.63) is 58.9 Å². The molecule has 1 amide bonds. The summed E-state index contributed by atoms with van der Waals surface area (Å²) in [7, 11) is 0. The summed E-state index contributed by atoms with van der Waals surface area (Å²) in [4.78, 5) is 30.2. The third kappa shape index (κ3) is 5.25. The third-order valence-corrected chi connectivity index (χ3v) is 5.92. The fourth-order valence-corrected chi connectivity index (χ4v) is 4.30. The minimum atomic E-state index is -3.00. The molecule has 0 radical (unpaired) electrons. The molecule has 0 saturated carbocycles. The number of nitrogens with one attached hydrogen (secondary N) is 1. The van der Waals surface area contributed by atoms with Crippen molar-refractivity contribution >= 4 is 34.3 Å². The number of alkyl halides is 2. The fraction of sp³-hybridized carbons (Fsp3) is 0.318. The molecule has 1 unspecified atom stereocenters. The van der Waals surface area contributed by atoms with Crippen LogP contribution in [0.1, 0.15) is 12.8 Å². The van der Waals surface area contributed by atoms with Crippen molar-refractivity contribution in [3.63, 3.8) is 0 Å². The van der Waals surface area contributed by atoms with E-state index >= 15 is 0 Å². The maximum atomic E-state index is 13.1. The van der Waals surface area contributed by atoms with Gasteiger partial charge in [0.15, 0.2) is 5.16 Å². The molecule has 2 aromatic carbocycles. The van der Waals surface area contributed by atoms with Crippen molar-refractivity contribution in [2.24, 2.45) is 0 Å². The lowest BCUT2D eigenvalue weighted by Crippen LogP contribution is -2.29. The van der Waals surface area contributed by atoms with Crippen molar-refractivity contribution in [2.75, 3.05) is 17.7 Å². The first-order valence-corrected chi connectivity index (χ1v) is 11.1. The van der Waals surface area contributed by atoms with E-state index in [9.17, 15) is 18.4 Å². The molecule has 1 N–H and O–H groups in total. The smallest absolute Gasteiger partial charge is 0.387 e. The van der Waals surface area contributed by atoms with Gasteiger partial charge in [0.25, 0.3) is 5.56 Å². The summed E-state index contributed by atoms with van der Waals surface area (Å²) in [6.45, 7) is -1.99. The summed E-state index contributed by atoms with van der Waals surface area (Å²) in [6.07, 6.45) is 1.71. The molecule has 10 heteroatoms. The second-order valence-corrected chi connectivity index (χ2v) is 8.12. The number of anilines is 1. The highest BCUT2D eigenvalue weighted by Gasteiger charge is 2.21. The van der Waals surface area contributed by atoms with Gasteiger partial charge in [-0.3, -0.25) is 14.2 Å². The molecular formula is C22H21F2N3O4S. The molecule has 1 fully saturated rings. The molecule has 7 nitrogen and oxygen atoms in total. The standard InChI is InChI=1S/C22H21F2N3O4S/c23-21(24)31-18-10-4-3-9-17(18)25-19(28)13-32-22-26-16-8-2-1-7-15(16)20(29)27(22)12-14-6-5-11-30-14/h1-4,7-10,14,21H,5-6,11-13H2,(H,25,28). The van der Waals surface area contributed by atoms with Crippen LogP contribution in [0.3, 0.4) is 0 Å². The van der Waals surface area contributed by atoms with Gasteiger partial charge < -0.3 is 14.8 Å². The monoisotopic (exact) mass is 461 g/mol. The summed E-state index contributed by atoms with van der Waals surface area (Å²) < 4.78 is 36.9. The SMILES string of the molecule is O=C(CSc1nc2ccccc2c(=O)n1CC1CCCO1)Nc1ccccc1OC(F)F. The zero-order chi connectivity index (χ0) is 22.5. The average molecular weight is 461 g/mol. The topological polar surface area (TPSA) is 82.5 Å². The van der Waals surface area contributed by atoms with E-state index in [1.165, 1.54) is 18.2 Å². The van der Waals surface area contributed by atoms with Crippen LogP contribution < -0.4 is 15.6 Å².